The van der Waals surface area contributed by atoms with E-state index < -0.39 is 12.0 Å². The summed E-state index contributed by atoms with van der Waals surface area (Å²) >= 11 is 1.30. The first-order valence-electron chi connectivity index (χ1n) is 15.4. The highest BCUT2D eigenvalue weighted by Gasteiger charge is 2.35. The molecule has 5 aromatic rings. The van der Waals surface area contributed by atoms with Gasteiger partial charge in [-0.05, 0) is 81.1 Å². The van der Waals surface area contributed by atoms with Gasteiger partial charge in [-0.1, -0.05) is 65.9 Å². The second kappa shape index (κ2) is 12.9. The molecule has 0 spiro atoms. The van der Waals surface area contributed by atoms with Crippen molar-refractivity contribution in [2.75, 3.05) is 20.8 Å². The lowest BCUT2D eigenvalue weighted by atomic mass is 9.93. The highest BCUT2D eigenvalue weighted by atomic mass is 32.1. The fourth-order valence-corrected chi connectivity index (χ4v) is 7.35. The lowest BCUT2D eigenvalue weighted by molar-refractivity contribution is -0.138. The average molecular weight is 648 g/mol. The topological polar surface area (TPSA) is 84.1 Å². The standard InChI is InChI=1S/C38H37N3O5S/c1-8-46-37(43)32-33(26-15-10-9-11-16-26)39-38-41(35(32)27-17-18-29(44-6)30(20-27)45-7)36(42)31(47-38)21-28-19-24(4)40(25(28)5)34-22(2)13-12-14-23(34)3/h9-21,35H,8H2,1-7H3/b31-21+. The van der Waals surface area contributed by atoms with Crippen LogP contribution in [0.25, 0.3) is 17.5 Å². The SMILES string of the molecule is CCOC(=O)C1=C(c2ccccc2)N=c2s/c(=C/c3cc(C)n(-c4c(C)cccc4C)c3C)c(=O)n2C1c1ccc(OC)c(OC)c1. The largest absolute Gasteiger partial charge is 0.493 e. The molecule has 6 rings (SSSR count). The van der Waals surface area contributed by atoms with E-state index in [1.807, 2.05) is 42.5 Å². The number of benzene rings is 3. The minimum Gasteiger partial charge on any atom is -0.493 e. The summed E-state index contributed by atoms with van der Waals surface area (Å²) in [5.41, 5.74) is 8.42. The van der Waals surface area contributed by atoms with Crippen molar-refractivity contribution in [3.05, 3.63) is 137 Å². The third-order valence-electron chi connectivity index (χ3n) is 8.52. The summed E-state index contributed by atoms with van der Waals surface area (Å²) in [6, 6.07) is 22.5. The molecule has 0 aliphatic carbocycles. The van der Waals surface area contributed by atoms with Crippen LogP contribution in [0.3, 0.4) is 0 Å². The molecule has 1 unspecified atom stereocenters. The van der Waals surface area contributed by atoms with E-state index >= 15 is 0 Å². The van der Waals surface area contributed by atoms with Crippen LogP contribution in [-0.2, 0) is 9.53 Å². The Kier molecular flexibility index (Phi) is 8.75. The minimum atomic E-state index is -0.829. The molecule has 47 heavy (non-hydrogen) atoms. The Hall–Kier alpha value is -5.15. The fraction of sp³-hybridized carbons (Fsp3) is 0.237. The van der Waals surface area contributed by atoms with E-state index in [-0.39, 0.29) is 17.7 Å². The third kappa shape index (κ3) is 5.61. The van der Waals surface area contributed by atoms with Crippen LogP contribution in [0, 0.1) is 27.7 Å². The number of carbonyl (C=O) groups is 1. The second-order valence-corrected chi connectivity index (χ2v) is 12.5. The number of aryl methyl sites for hydroxylation is 3. The maximum Gasteiger partial charge on any atom is 0.338 e. The number of aromatic nitrogens is 2. The van der Waals surface area contributed by atoms with Crippen molar-refractivity contribution < 1.29 is 19.0 Å². The molecule has 8 nitrogen and oxygen atoms in total. The lowest BCUT2D eigenvalue weighted by Gasteiger charge is -2.26. The number of rotatable bonds is 8. The van der Waals surface area contributed by atoms with Gasteiger partial charge in [0.25, 0.3) is 5.56 Å². The highest BCUT2D eigenvalue weighted by molar-refractivity contribution is 7.07. The molecule has 0 saturated heterocycles. The smallest absolute Gasteiger partial charge is 0.338 e. The molecule has 2 aromatic heterocycles. The number of hydrogen-bond acceptors (Lipinski definition) is 7. The number of para-hydroxylation sites is 1. The number of carbonyl (C=O) groups excluding carboxylic acids is 1. The molecule has 1 aliphatic heterocycles. The van der Waals surface area contributed by atoms with Gasteiger partial charge >= 0.3 is 5.97 Å². The minimum absolute atomic E-state index is 0.170. The van der Waals surface area contributed by atoms with Gasteiger partial charge in [-0.15, -0.1) is 0 Å². The number of esters is 1. The van der Waals surface area contributed by atoms with Crippen LogP contribution < -0.4 is 24.4 Å². The maximum atomic E-state index is 14.5. The number of fused-ring (bicyclic) bond motifs is 1. The Morgan fingerprint density at radius 2 is 1.62 bits per heavy atom. The predicted octanol–water partition coefficient (Wildman–Crippen LogP) is 5.98. The summed E-state index contributed by atoms with van der Waals surface area (Å²) in [6.07, 6.45) is 1.93. The van der Waals surface area contributed by atoms with Gasteiger partial charge in [0.1, 0.15) is 0 Å². The van der Waals surface area contributed by atoms with Crippen molar-refractivity contribution in [3.8, 4) is 17.2 Å². The van der Waals surface area contributed by atoms with E-state index in [9.17, 15) is 9.59 Å². The quantitative estimate of drug-likeness (QED) is 0.194. The molecule has 0 fully saturated rings. The summed E-state index contributed by atoms with van der Waals surface area (Å²) < 4.78 is 21.1. The van der Waals surface area contributed by atoms with Crippen LogP contribution >= 0.6 is 11.3 Å². The second-order valence-electron chi connectivity index (χ2n) is 11.4. The zero-order valence-corrected chi connectivity index (χ0v) is 28.4. The van der Waals surface area contributed by atoms with Crippen LogP contribution in [0.4, 0.5) is 0 Å². The first-order valence-corrected chi connectivity index (χ1v) is 16.3. The van der Waals surface area contributed by atoms with Gasteiger partial charge in [0.05, 0.1) is 48.4 Å². The number of thiazole rings is 1. The molecule has 0 saturated carbocycles. The Balaban J connectivity index is 1.63. The van der Waals surface area contributed by atoms with E-state index in [1.165, 1.54) is 22.5 Å². The van der Waals surface area contributed by atoms with Crippen molar-refractivity contribution >= 4 is 29.1 Å². The highest BCUT2D eigenvalue weighted by Crippen LogP contribution is 2.38. The normalized spacial score (nSPS) is 14.5. The Bertz CT molecular complexity index is 2200. The molecule has 1 atom stereocenters. The number of ether oxygens (including phenoxy) is 3. The van der Waals surface area contributed by atoms with E-state index in [4.69, 9.17) is 19.2 Å². The van der Waals surface area contributed by atoms with E-state index in [1.54, 1.807) is 37.8 Å². The maximum absolute atomic E-state index is 14.5. The molecule has 3 heterocycles. The molecule has 9 heteroatoms. The number of nitrogens with zero attached hydrogens (tertiary/aromatic N) is 3. The molecule has 0 bridgehead atoms. The summed E-state index contributed by atoms with van der Waals surface area (Å²) in [4.78, 5) is 33.7. The first kappa shape index (κ1) is 31.8. The molecule has 0 radical (unpaired) electrons. The summed E-state index contributed by atoms with van der Waals surface area (Å²) in [6.45, 7) is 10.3. The third-order valence-corrected chi connectivity index (χ3v) is 9.50. The molecular weight excluding hydrogens is 611 g/mol. The number of hydrogen-bond donors (Lipinski definition) is 0. The monoisotopic (exact) mass is 647 g/mol. The van der Waals surface area contributed by atoms with Crippen LogP contribution in [0.2, 0.25) is 0 Å². The average Bonchev–Trinajstić information content (AvgIpc) is 3.53. The molecular formula is C38H37N3O5S. The Morgan fingerprint density at radius 3 is 2.28 bits per heavy atom. The molecule has 0 amide bonds. The van der Waals surface area contributed by atoms with Gasteiger partial charge in [-0.2, -0.15) is 0 Å². The summed E-state index contributed by atoms with van der Waals surface area (Å²) in [7, 11) is 3.12. The summed E-state index contributed by atoms with van der Waals surface area (Å²) in [5.74, 6) is 0.474. The van der Waals surface area contributed by atoms with Gasteiger partial charge < -0.3 is 18.8 Å². The molecule has 240 valence electrons. The van der Waals surface area contributed by atoms with Crippen molar-refractivity contribution in [3.63, 3.8) is 0 Å². The van der Waals surface area contributed by atoms with Crippen molar-refractivity contribution in [2.45, 2.75) is 40.7 Å². The van der Waals surface area contributed by atoms with E-state index in [2.05, 4.69) is 56.5 Å². The van der Waals surface area contributed by atoms with E-state index in [0.29, 0.717) is 32.1 Å². The zero-order chi connectivity index (χ0) is 33.4. The van der Waals surface area contributed by atoms with Crippen LogP contribution in [0.1, 0.15) is 52.2 Å². The molecule has 0 N–H and O–H groups in total. The van der Waals surface area contributed by atoms with Gasteiger partial charge in [0.2, 0.25) is 0 Å². The van der Waals surface area contributed by atoms with Gasteiger partial charge in [-0.25, -0.2) is 9.79 Å². The van der Waals surface area contributed by atoms with Crippen LogP contribution in [0.5, 0.6) is 11.5 Å². The molecule has 3 aromatic carbocycles. The lowest BCUT2D eigenvalue weighted by Crippen LogP contribution is -2.40. The first-order chi connectivity index (χ1) is 22.7. The Labute approximate surface area is 277 Å². The van der Waals surface area contributed by atoms with Crippen LogP contribution in [0.15, 0.2) is 88.2 Å². The van der Waals surface area contributed by atoms with Gasteiger partial charge in [0, 0.05) is 17.0 Å². The fourth-order valence-electron chi connectivity index (χ4n) is 6.36. The van der Waals surface area contributed by atoms with Crippen molar-refractivity contribution in [1.29, 1.82) is 0 Å². The van der Waals surface area contributed by atoms with Gasteiger partial charge in [0.15, 0.2) is 16.3 Å². The van der Waals surface area contributed by atoms with Crippen molar-refractivity contribution in [2.24, 2.45) is 4.99 Å². The van der Waals surface area contributed by atoms with Gasteiger partial charge in [-0.3, -0.25) is 9.36 Å². The van der Waals surface area contributed by atoms with E-state index in [0.717, 1.165) is 28.2 Å². The molecule has 1 aliphatic rings. The van der Waals surface area contributed by atoms with Crippen molar-refractivity contribution in [1.82, 2.24) is 9.13 Å². The van der Waals surface area contributed by atoms with Crippen LogP contribution in [-0.4, -0.2) is 35.9 Å². The Morgan fingerprint density at radius 1 is 0.915 bits per heavy atom. The zero-order valence-electron chi connectivity index (χ0n) is 27.6. The summed E-state index contributed by atoms with van der Waals surface area (Å²) in [5, 5.41) is 0. The predicted molar refractivity (Wildman–Crippen MR) is 185 cm³/mol. The number of methoxy groups -OCH3 is 2.